The lowest BCUT2D eigenvalue weighted by molar-refractivity contribution is -0.132. The zero-order valence-electron chi connectivity index (χ0n) is 21.5. The van der Waals surface area contributed by atoms with Crippen LogP contribution in [0.3, 0.4) is 0 Å². The molecule has 9 nitrogen and oxygen atoms in total. The van der Waals surface area contributed by atoms with Gasteiger partial charge in [0, 0.05) is 23.0 Å². The number of pyridine rings is 1. The van der Waals surface area contributed by atoms with Crippen molar-refractivity contribution in [2.75, 3.05) is 11.5 Å². The zero-order valence-corrected chi connectivity index (χ0v) is 22.3. The maximum absolute atomic E-state index is 13.4. The Labute approximate surface area is 221 Å². The van der Waals surface area contributed by atoms with Gasteiger partial charge in [-0.15, -0.1) is 0 Å². The number of ether oxygens (including phenoxy) is 1. The van der Waals surface area contributed by atoms with Crippen LogP contribution in [0.15, 0.2) is 77.3 Å². The van der Waals surface area contributed by atoms with Crippen molar-refractivity contribution in [1.82, 2.24) is 4.98 Å². The fraction of sp³-hybridized carbons (Fsp3) is 0.250. The Balaban J connectivity index is 1.92. The van der Waals surface area contributed by atoms with Crippen molar-refractivity contribution in [3.8, 4) is 5.75 Å². The molecule has 1 aliphatic rings. The third-order valence-electron chi connectivity index (χ3n) is 6.22. The maximum Gasteiger partial charge on any atom is 0.300 e. The molecule has 1 saturated heterocycles. The molecule has 1 aliphatic heterocycles. The van der Waals surface area contributed by atoms with E-state index in [9.17, 15) is 23.1 Å². The highest BCUT2D eigenvalue weighted by Gasteiger charge is 2.47. The fourth-order valence-corrected chi connectivity index (χ4v) is 4.93. The number of primary sulfonamides is 1. The minimum absolute atomic E-state index is 0.131. The number of aliphatic hydroxyl groups is 1. The molecular formula is C28H29N3O6S. The minimum Gasteiger partial charge on any atom is -0.507 e. The maximum atomic E-state index is 13.4. The van der Waals surface area contributed by atoms with Gasteiger partial charge in [0.05, 0.1) is 22.8 Å². The molecule has 0 bridgehead atoms. The first kappa shape index (κ1) is 27.0. The summed E-state index contributed by atoms with van der Waals surface area (Å²) < 4.78 is 29.2. The lowest BCUT2D eigenvalue weighted by atomic mass is 9.84. The quantitative estimate of drug-likeness (QED) is 0.276. The standard InChI is InChI=1S/C28H29N3O6S/c1-5-37-22-14-9-17(16-20(22)28(2,3)4)25(32)23-24(21-8-6-7-15-30-21)31(27(34)26(23)33)18-10-12-19(13-11-18)38(29,35)36/h6-16,24,32H,5H2,1-4H3,(H2,29,35,36)/b25-23-. The van der Waals surface area contributed by atoms with Crippen LogP contribution in [0.5, 0.6) is 5.75 Å². The minimum atomic E-state index is -3.96. The summed E-state index contributed by atoms with van der Waals surface area (Å²) in [5.41, 5.74) is 1.31. The second kappa shape index (κ2) is 10.0. The molecule has 1 fully saturated rings. The Bertz CT molecular complexity index is 1530. The first-order valence-corrected chi connectivity index (χ1v) is 13.5. The monoisotopic (exact) mass is 535 g/mol. The predicted octanol–water partition coefficient (Wildman–Crippen LogP) is 4.05. The van der Waals surface area contributed by atoms with Crippen LogP contribution in [0.25, 0.3) is 5.76 Å². The van der Waals surface area contributed by atoms with E-state index < -0.39 is 27.8 Å². The van der Waals surface area contributed by atoms with Gasteiger partial charge >= 0.3 is 0 Å². The molecule has 10 heteroatoms. The molecule has 0 radical (unpaired) electrons. The number of Topliss-reactive ketones (excluding diaryl/α,β-unsaturated/α-hetero) is 1. The lowest BCUT2D eigenvalue weighted by Crippen LogP contribution is -2.29. The highest BCUT2D eigenvalue weighted by atomic mass is 32.2. The molecule has 0 spiro atoms. The van der Waals surface area contributed by atoms with E-state index in [1.54, 1.807) is 36.4 Å². The molecule has 0 saturated carbocycles. The van der Waals surface area contributed by atoms with Gasteiger partial charge < -0.3 is 9.84 Å². The third-order valence-corrected chi connectivity index (χ3v) is 7.15. The van der Waals surface area contributed by atoms with Gasteiger partial charge in [-0.3, -0.25) is 19.5 Å². The molecule has 198 valence electrons. The average molecular weight is 536 g/mol. The van der Waals surface area contributed by atoms with Crippen LogP contribution in [0, 0.1) is 0 Å². The van der Waals surface area contributed by atoms with Gasteiger partial charge in [0.1, 0.15) is 17.6 Å². The Hall–Kier alpha value is -4.02. The van der Waals surface area contributed by atoms with Crippen LogP contribution in [-0.4, -0.2) is 36.8 Å². The van der Waals surface area contributed by atoms with E-state index in [1.807, 2.05) is 27.7 Å². The molecule has 3 N–H and O–H groups in total. The number of nitrogens with two attached hydrogens (primary N) is 1. The molecular weight excluding hydrogens is 506 g/mol. The highest BCUT2D eigenvalue weighted by molar-refractivity contribution is 7.89. The summed E-state index contributed by atoms with van der Waals surface area (Å²) in [7, 11) is -3.96. The SMILES string of the molecule is CCOc1ccc(/C(O)=C2/C(=O)C(=O)N(c3ccc(S(N)(=O)=O)cc3)C2c2ccccn2)cc1C(C)(C)C. The molecule has 1 unspecified atom stereocenters. The summed E-state index contributed by atoms with van der Waals surface area (Å²) in [5, 5.41) is 16.7. The number of hydrogen-bond donors (Lipinski definition) is 2. The van der Waals surface area contributed by atoms with Crippen LogP contribution in [0.2, 0.25) is 0 Å². The molecule has 1 amide bonds. The smallest absolute Gasteiger partial charge is 0.300 e. The Morgan fingerprint density at radius 3 is 2.32 bits per heavy atom. The molecule has 0 aliphatic carbocycles. The van der Waals surface area contributed by atoms with Crippen molar-refractivity contribution >= 4 is 33.2 Å². The number of nitrogens with zero attached hydrogens (tertiary/aromatic N) is 2. The van der Waals surface area contributed by atoms with E-state index in [2.05, 4.69) is 4.98 Å². The second-order valence-electron chi connectivity index (χ2n) is 9.86. The number of amides is 1. The van der Waals surface area contributed by atoms with Crippen LogP contribution >= 0.6 is 0 Å². The van der Waals surface area contributed by atoms with Gasteiger partial charge in [-0.25, -0.2) is 13.6 Å². The van der Waals surface area contributed by atoms with E-state index in [1.165, 1.54) is 35.4 Å². The van der Waals surface area contributed by atoms with E-state index in [-0.39, 0.29) is 27.3 Å². The van der Waals surface area contributed by atoms with E-state index in [0.29, 0.717) is 23.6 Å². The molecule has 1 aromatic heterocycles. The molecule has 3 aromatic rings. The molecule has 2 heterocycles. The molecule has 1 atom stereocenters. The molecule has 38 heavy (non-hydrogen) atoms. The molecule has 4 rings (SSSR count). The van der Waals surface area contributed by atoms with Crippen molar-refractivity contribution in [2.24, 2.45) is 5.14 Å². The van der Waals surface area contributed by atoms with Crippen LogP contribution < -0.4 is 14.8 Å². The van der Waals surface area contributed by atoms with Crippen molar-refractivity contribution in [1.29, 1.82) is 0 Å². The number of carbonyl (C=O) groups excluding carboxylic acids is 2. The van der Waals surface area contributed by atoms with Gasteiger partial charge in [0.15, 0.2) is 0 Å². The van der Waals surface area contributed by atoms with Crippen LogP contribution in [0.4, 0.5) is 5.69 Å². The van der Waals surface area contributed by atoms with Crippen LogP contribution in [-0.2, 0) is 25.0 Å². The number of benzene rings is 2. The topological polar surface area (TPSA) is 140 Å². The van der Waals surface area contributed by atoms with E-state index >= 15 is 0 Å². The van der Waals surface area contributed by atoms with Gasteiger partial charge in [-0.1, -0.05) is 26.8 Å². The first-order chi connectivity index (χ1) is 17.8. The summed E-state index contributed by atoms with van der Waals surface area (Å²) in [6, 6.07) is 14.4. The Kier molecular flexibility index (Phi) is 7.14. The van der Waals surface area contributed by atoms with Gasteiger partial charge in [-0.2, -0.15) is 0 Å². The highest BCUT2D eigenvalue weighted by Crippen LogP contribution is 2.42. The number of aliphatic hydroxyl groups excluding tert-OH is 1. The Morgan fingerprint density at radius 1 is 1.08 bits per heavy atom. The van der Waals surface area contributed by atoms with Crippen molar-refractivity contribution in [3.63, 3.8) is 0 Å². The van der Waals surface area contributed by atoms with E-state index in [4.69, 9.17) is 9.88 Å². The normalized spacial score (nSPS) is 17.6. The third kappa shape index (κ3) is 5.05. The summed E-state index contributed by atoms with van der Waals surface area (Å²) in [6.07, 6.45) is 1.52. The number of hydrogen-bond acceptors (Lipinski definition) is 7. The largest absolute Gasteiger partial charge is 0.507 e. The number of ketones is 1. The number of anilines is 1. The van der Waals surface area contributed by atoms with Gasteiger partial charge in [0.25, 0.3) is 11.7 Å². The fourth-order valence-electron chi connectivity index (χ4n) is 4.41. The Morgan fingerprint density at radius 2 is 1.76 bits per heavy atom. The summed E-state index contributed by atoms with van der Waals surface area (Å²) in [4.78, 5) is 32.1. The van der Waals surface area contributed by atoms with Gasteiger partial charge in [-0.05, 0) is 66.9 Å². The number of carbonyl (C=O) groups is 2. The summed E-state index contributed by atoms with van der Waals surface area (Å²) >= 11 is 0. The van der Waals surface area contributed by atoms with Crippen LogP contribution in [0.1, 0.15) is 50.6 Å². The number of aromatic nitrogens is 1. The predicted molar refractivity (Wildman–Crippen MR) is 143 cm³/mol. The summed E-state index contributed by atoms with van der Waals surface area (Å²) in [6.45, 7) is 8.36. The van der Waals surface area contributed by atoms with Crippen molar-refractivity contribution < 1.29 is 27.9 Å². The number of rotatable bonds is 6. The zero-order chi connectivity index (χ0) is 27.8. The average Bonchev–Trinajstić information content (AvgIpc) is 3.13. The molecule has 2 aromatic carbocycles. The lowest BCUT2D eigenvalue weighted by Gasteiger charge is -2.25. The van der Waals surface area contributed by atoms with E-state index in [0.717, 1.165) is 5.56 Å². The summed E-state index contributed by atoms with van der Waals surface area (Å²) in [5.74, 6) is -1.46. The van der Waals surface area contributed by atoms with Crippen molar-refractivity contribution in [3.05, 3.63) is 89.3 Å². The number of sulfonamides is 1. The first-order valence-electron chi connectivity index (χ1n) is 12.0. The second-order valence-corrected chi connectivity index (χ2v) is 11.4. The van der Waals surface area contributed by atoms with Crippen molar-refractivity contribution in [2.45, 2.75) is 44.0 Å². The van der Waals surface area contributed by atoms with Gasteiger partial charge in [0.2, 0.25) is 10.0 Å².